The van der Waals surface area contributed by atoms with Gasteiger partial charge in [0.1, 0.15) is 0 Å². The van der Waals surface area contributed by atoms with Crippen LogP contribution in [0.3, 0.4) is 0 Å². The van der Waals surface area contributed by atoms with Crippen molar-refractivity contribution in [2.24, 2.45) is 23.2 Å². The monoisotopic (exact) mass is 380 g/mol. The smallest absolute Gasteiger partial charge is 0.258 e. The lowest BCUT2D eigenvalue weighted by Gasteiger charge is -2.31. The number of nitrogens with one attached hydrogen (secondary N) is 1. The molecule has 6 rings (SSSR count). The molecule has 4 aliphatic carbocycles. The Kier molecular flexibility index (Phi) is 3.80. The first-order valence-electron chi connectivity index (χ1n) is 10.4. The number of hydrogen-bond acceptors (Lipinski definition) is 3. The third kappa shape index (κ3) is 2.71. The number of fused-ring (bicyclic) bond motifs is 1. The molecular weight excluding hydrogens is 352 g/mol. The molecule has 0 saturated heterocycles. The zero-order chi connectivity index (χ0) is 19.7. The predicted octanol–water partition coefficient (Wildman–Crippen LogP) is 3.54. The molecule has 1 aromatic carbocycles. The molecule has 2 aromatic rings. The van der Waals surface area contributed by atoms with E-state index in [0.717, 1.165) is 35.8 Å². The fourth-order valence-electron chi connectivity index (χ4n) is 6.38. The van der Waals surface area contributed by atoms with Crippen LogP contribution in [0.4, 0.5) is 5.69 Å². The Bertz CT molecular complexity index is 1000. The van der Waals surface area contributed by atoms with Crippen molar-refractivity contribution < 1.29 is 9.90 Å². The summed E-state index contributed by atoms with van der Waals surface area (Å²) in [7, 11) is 0. The van der Waals surface area contributed by atoms with Gasteiger partial charge >= 0.3 is 0 Å². The lowest BCUT2D eigenvalue weighted by Crippen LogP contribution is -2.37. The van der Waals surface area contributed by atoms with Gasteiger partial charge in [0.25, 0.3) is 5.56 Å². The van der Waals surface area contributed by atoms with E-state index in [4.69, 9.17) is 0 Å². The van der Waals surface area contributed by atoms with Crippen LogP contribution in [0, 0.1) is 23.2 Å². The highest BCUT2D eigenvalue weighted by atomic mass is 16.3. The molecule has 1 amide bonds. The number of anilines is 1. The molecule has 1 aromatic heterocycles. The van der Waals surface area contributed by atoms with Gasteiger partial charge in [0.2, 0.25) is 5.91 Å². The van der Waals surface area contributed by atoms with Crippen molar-refractivity contribution in [3.63, 3.8) is 0 Å². The third-order valence-electron chi connectivity index (χ3n) is 7.27. The Hall–Kier alpha value is -2.14. The lowest BCUT2D eigenvalue weighted by atomic mass is 9.75. The summed E-state index contributed by atoms with van der Waals surface area (Å²) >= 11 is 0. The van der Waals surface area contributed by atoms with E-state index < -0.39 is 5.60 Å². The molecule has 4 bridgehead atoms. The Labute approximate surface area is 164 Å². The molecule has 0 radical (unpaired) electrons. The molecular formula is C23H28N2O3. The van der Waals surface area contributed by atoms with Crippen molar-refractivity contribution in [1.29, 1.82) is 0 Å². The van der Waals surface area contributed by atoms with Gasteiger partial charge in [-0.15, -0.1) is 0 Å². The molecule has 2 N–H and O–H groups in total. The van der Waals surface area contributed by atoms with Crippen molar-refractivity contribution in [2.45, 2.75) is 58.1 Å². The maximum Gasteiger partial charge on any atom is 0.258 e. The van der Waals surface area contributed by atoms with Crippen LogP contribution in [0.25, 0.3) is 10.8 Å². The maximum absolute atomic E-state index is 13.3. The highest BCUT2D eigenvalue weighted by Crippen LogP contribution is 2.65. The van der Waals surface area contributed by atoms with Gasteiger partial charge in [-0.05, 0) is 81.9 Å². The van der Waals surface area contributed by atoms with E-state index in [2.05, 4.69) is 5.32 Å². The molecule has 0 unspecified atom stereocenters. The molecule has 4 aliphatic rings. The van der Waals surface area contributed by atoms with Crippen LogP contribution in [0.15, 0.2) is 35.3 Å². The first-order chi connectivity index (χ1) is 13.2. The summed E-state index contributed by atoms with van der Waals surface area (Å²) in [4.78, 5) is 26.2. The van der Waals surface area contributed by atoms with Gasteiger partial charge in [0.15, 0.2) is 0 Å². The van der Waals surface area contributed by atoms with E-state index in [1.807, 2.05) is 18.2 Å². The fraction of sp³-hybridized carbons (Fsp3) is 0.565. The summed E-state index contributed by atoms with van der Waals surface area (Å²) in [6, 6.07) is 7.36. The number of carbonyl (C=O) groups excluding carboxylic acids is 1. The minimum Gasteiger partial charge on any atom is -0.389 e. The van der Waals surface area contributed by atoms with E-state index in [1.54, 1.807) is 26.1 Å². The first kappa shape index (κ1) is 17.9. The van der Waals surface area contributed by atoms with Crippen molar-refractivity contribution in [3.8, 4) is 0 Å². The highest BCUT2D eigenvalue weighted by molar-refractivity contribution is 6.04. The molecule has 4 saturated carbocycles. The summed E-state index contributed by atoms with van der Waals surface area (Å²) in [5.74, 6) is 2.14. The molecule has 0 aliphatic heterocycles. The van der Waals surface area contributed by atoms with Crippen molar-refractivity contribution in [3.05, 3.63) is 40.8 Å². The average Bonchev–Trinajstić information content (AvgIpc) is 3.02. The van der Waals surface area contributed by atoms with Gasteiger partial charge < -0.3 is 15.0 Å². The quantitative estimate of drug-likeness (QED) is 0.852. The minimum absolute atomic E-state index is 0.144. The number of hydrogen-bond donors (Lipinski definition) is 2. The molecule has 5 heteroatoms. The topological polar surface area (TPSA) is 71.3 Å². The van der Waals surface area contributed by atoms with Gasteiger partial charge in [-0.1, -0.05) is 6.07 Å². The largest absolute Gasteiger partial charge is 0.389 e. The number of rotatable bonds is 4. The molecule has 4 fully saturated rings. The highest BCUT2D eigenvalue weighted by Gasteiger charge is 2.61. The third-order valence-corrected chi connectivity index (χ3v) is 7.27. The summed E-state index contributed by atoms with van der Waals surface area (Å²) < 4.78 is 1.53. The molecule has 4 atom stereocenters. The second-order valence-electron chi connectivity index (χ2n) is 9.98. The van der Waals surface area contributed by atoms with Crippen LogP contribution in [-0.2, 0) is 11.3 Å². The molecule has 0 spiro atoms. The van der Waals surface area contributed by atoms with Gasteiger partial charge in [-0.3, -0.25) is 9.59 Å². The number of benzene rings is 1. The second kappa shape index (κ2) is 5.93. The van der Waals surface area contributed by atoms with Crippen molar-refractivity contribution >= 4 is 22.4 Å². The van der Waals surface area contributed by atoms with Crippen LogP contribution < -0.4 is 10.9 Å². The summed E-state index contributed by atoms with van der Waals surface area (Å²) in [5, 5.41) is 14.6. The van der Waals surface area contributed by atoms with E-state index in [0.29, 0.717) is 11.3 Å². The molecule has 5 nitrogen and oxygen atoms in total. The number of carbonyl (C=O) groups is 1. The number of amides is 1. The summed E-state index contributed by atoms with van der Waals surface area (Å²) in [6.45, 7) is 3.60. The first-order valence-corrected chi connectivity index (χ1v) is 10.4. The van der Waals surface area contributed by atoms with Gasteiger partial charge in [-0.2, -0.15) is 0 Å². The van der Waals surface area contributed by atoms with Crippen LogP contribution in [-0.4, -0.2) is 21.2 Å². The van der Waals surface area contributed by atoms with Crippen molar-refractivity contribution in [2.75, 3.05) is 5.32 Å². The van der Waals surface area contributed by atoms with E-state index in [1.165, 1.54) is 23.8 Å². The number of pyridine rings is 1. The predicted molar refractivity (Wildman–Crippen MR) is 109 cm³/mol. The normalized spacial score (nSPS) is 30.9. The SMILES string of the molecule is CC(C)(O)Cn1ccc2c(NC(=O)[C@@]34C[C@@H]5C[C@@H](C[C@@H]3C5)C4)cccc2c1=O. The number of nitrogens with zero attached hydrogens (tertiary/aromatic N) is 1. The van der Waals surface area contributed by atoms with E-state index in [9.17, 15) is 14.7 Å². The average molecular weight is 380 g/mol. The Morgan fingerprint density at radius 3 is 2.57 bits per heavy atom. The zero-order valence-electron chi connectivity index (χ0n) is 16.6. The molecule has 1 heterocycles. The summed E-state index contributed by atoms with van der Waals surface area (Å²) in [5.41, 5.74) is -0.583. The summed E-state index contributed by atoms with van der Waals surface area (Å²) in [6.07, 6.45) is 7.49. The van der Waals surface area contributed by atoms with E-state index in [-0.39, 0.29) is 23.4 Å². The fourth-order valence-corrected chi connectivity index (χ4v) is 6.38. The Morgan fingerprint density at radius 1 is 1.18 bits per heavy atom. The lowest BCUT2D eigenvalue weighted by molar-refractivity contribution is -0.127. The van der Waals surface area contributed by atoms with Crippen LogP contribution in [0.1, 0.15) is 46.0 Å². The Balaban J connectivity index is 1.48. The van der Waals surface area contributed by atoms with Crippen LogP contribution in [0.2, 0.25) is 0 Å². The second-order valence-corrected chi connectivity index (χ2v) is 9.98. The van der Waals surface area contributed by atoms with Crippen molar-refractivity contribution in [1.82, 2.24) is 4.57 Å². The zero-order valence-corrected chi connectivity index (χ0v) is 16.6. The Morgan fingerprint density at radius 2 is 1.89 bits per heavy atom. The number of aromatic nitrogens is 1. The van der Waals surface area contributed by atoms with Gasteiger partial charge in [-0.25, -0.2) is 0 Å². The van der Waals surface area contributed by atoms with Gasteiger partial charge in [0, 0.05) is 22.7 Å². The molecule has 28 heavy (non-hydrogen) atoms. The minimum atomic E-state index is -0.969. The van der Waals surface area contributed by atoms with E-state index >= 15 is 0 Å². The van der Waals surface area contributed by atoms with Gasteiger partial charge in [0.05, 0.1) is 17.6 Å². The standard InChI is InChI=1S/C23H28N2O3/c1-22(2,28)13-25-7-6-17-18(20(25)26)4-3-5-19(17)24-21(27)23-11-14-8-15(12-23)10-16(23)9-14/h3-7,14-16,28H,8-13H2,1-2H3,(H,24,27)/t14-,15+,16+,23-. The van der Waals surface area contributed by atoms with Crippen LogP contribution in [0.5, 0.6) is 0 Å². The number of aliphatic hydroxyl groups is 1. The van der Waals surface area contributed by atoms with Crippen LogP contribution >= 0.6 is 0 Å². The maximum atomic E-state index is 13.3. The molecule has 148 valence electrons.